The van der Waals surface area contributed by atoms with Crippen LogP contribution in [-0.4, -0.2) is 27.1 Å². The Labute approximate surface area is 72.1 Å². The first-order chi connectivity index (χ1) is 5.26. The van der Waals surface area contributed by atoms with Gasteiger partial charge in [0.25, 0.3) is 0 Å². The second-order valence-electron chi connectivity index (χ2n) is 2.78. The van der Waals surface area contributed by atoms with E-state index in [9.17, 15) is 0 Å². The van der Waals surface area contributed by atoms with Crippen molar-refractivity contribution >= 4 is 8.96 Å². The van der Waals surface area contributed by atoms with Gasteiger partial charge in [0, 0.05) is 0 Å². The summed E-state index contributed by atoms with van der Waals surface area (Å²) in [5, 5.41) is 0. The lowest BCUT2D eigenvalue weighted by atomic mass is 10.7. The minimum absolute atomic E-state index is 0.731. The molecule has 0 heterocycles. The SMILES string of the molecule is C=CC[SiH](CC=C)N(C)CC. The lowest BCUT2D eigenvalue weighted by Crippen LogP contribution is -2.34. The molecule has 64 valence electrons. The molecule has 0 fully saturated rings. The Kier molecular flexibility index (Phi) is 6.17. The summed E-state index contributed by atoms with van der Waals surface area (Å²) in [6, 6.07) is 2.38. The molecule has 0 radical (unpaired) electrons. The zero-order valence-corrected chi connectivity index (χ0v) is 8.87. The molecule has 0 atom stereocenters. The molecule has 0 aliphatic carbocycles. The molecule has 1 nitrogen and oxygen atoms in total. The first kappa shape index (κ1) is 10.7. The molecule has 0 spiro atoms. The third kappa shape index (κ3) is 4.17. The van der Waals surface area contributed by atoms with Gasteiger partial charge in [-0.25, -0.2) is 0 Å². The predicted octanol–water partition coefficient (Wildman–Crippen LogP) is 2.03. The summed E-state index contributed by atoms with van der Waals surface area (Å²) in [5.41, 5.74) is 0. The van der Waals surface area contributed by atoms with E-state index in [2.05, 4.69) is 31.7 Å². The van der Waals surface area contributed by atoms with Gasteiger partial charge in [-0.1, -0.05) is 19.1 Å². The fourth-order valence-corrected chi connectivity index (χ4v) is 3.30. The third-order valence-corrected chi connectivity index (χ3v) is 5.37. The zero-order valence-electron chi connectivity index (χ0n) is 7.71. The zero-order chi connectivity index (χ0) is 8.69. The topological polar surface area (TPSA) is 3.24 Å². The van der Waals surface area contributed by atoms with E-state index in [0.29, 0.717) is 0 Å². The van der Waals surface area contributed by atoms with Crippen LogP contribution in [0.25, 0.3) is 0 Å². The monoisotopic (exact) mass is 169 g/mol. The molecule has 2 heteroatoms. The Hall–Kier alpha value is -0.343. The van der Waals surface area contributed by atoms with E-state index < -0.39 is 8.96 Å². The first-order valence-corrected chi connectivity index (χ1v) is 6.33. The molecule has 0 amide bonds. The van der Waals surface area contributed by atoms with Gasteiger partial charge in [-0.3, -0.25) is 0 Å². The summed E-state index contributed by atoms with van der Waals surface area (Å²) in [6.45, 7) is 10.9. The highest BCUT2D eigenvalue weighted by Crippen LogP contribution is 2.04. The van der Waals surface area contributed by atoms with Crippen molar-refractivity contribution in [1.82, 2.24) is 4.57 Å². The van der Waals surface area contributed by atoms with E-state index in [1.54, 1.807) is 0 Å². The van der Waals surface area contributed by atoms with Gasteiger partial charge in [-0.2, -0.15) is 0 Å². The Morgan fingerprint density at radius 3 is 2.00 bits per heavy atom. The van der Waals surface area contributed by atoms with Crippen molar-refractivity contribution < 1.29 is 0 Å². The van der Waals surface area contributed by atoms with Crippen molar-refractivity contribution in [3.63, 3.8) is 0 Å². The van der Waals surface area contributed by atoms with Crippen LogP contribution >= 0.6 is 0 Å². The highest BCUT2D eigenvalue weighted by Gasteiger charge is 2.10. The summed E-state index contributed by atoms with van der Waals surface area (Å²) in [4.78, 5) is 0. The Morgan fingerprint density at radius 1 is 1.27 bits per heavy atom. The van der Waals surface area contributed by atoms with Crippen molar-refractivity contribution in [2.45, 2.75) is 19.0 Å². The molecule has 0 saturated carbocycles. The second kappa shape index (κ2) is 6.37. The van der Waals surface area contributed by atoms with Crippen molar-refractivity contribution in [1.29, 1.82) is 0 Å². The van der Waals surface area contributed by atoms with Crippen LogP contribution in [0.4, 0.5) is 0 Å². The lowest BCUT2D eigenvalue weighted by molar-refractivity contribution is 0.550. The average molecular weight is 169 g/mol. The van der Waals surface area contributed by atoms with Crippen molar-refractivity contribution in [2.24, 2.45) is 0 Å². The lowest BCUT2D eigenvalue weighted by Gasteiger charge is -2.22. The Bertz CT molecular complexity index is 113. The van der Waals surface area contributed by atoms with E-state index in [1.165, 1.54) is 12.1 Å². The van der Waals surface area contributed by atoms with Crippen molar-refractivity contribution in [2.75, 3.05) is 13.6 Å². The highest BCUT2D eigenvalue weighted by atomic mass is 28.3. The molecule has 0 N–H and O–H groups in total. The predicted molar refractivity (Wildman–Crippen MR) is 55.5 cm³/mol. The number of allylic oxidation sites excluding steroid dienone is 2. The van der Waals surface area contributed by atoms with Crippen LogP contribution in [0.5, 0.6) is 0 Å². The Morgan fingerprint density at radius 2 is 1.73 bits per heavy atom. The van der Waals surface area contributed by atoms with Crippen LogP contribution < -0.4 is 0 Å². The Balaban J connectivity index is 3.84. The first-order valence-electron chi connectivity index (χ1n) is 4.18. The summed E-state index contributed by atoms with van der Waals surface area (Å²) in [7, 11) is 1.47. The minimum Gasteiger partial charge on any atom is -0.328 e. The quantitative estimate of drug-likeness (QED) is 0.434. The van der Waals surface area contributed by atoms with E-state index in [4.69, 9.17) is 0 Å². The maximum absolute atomic E-state index is 3.77. The third-order valence-electron chi connectivity index (χ3n) is 2.00. The minimum atomic E-state index is -0.731. The summed E-state index contributed by atoms with van der Waals surface area (Å²) >= 11 is 0. The smallest absolute Gasteiger partial charge is 0.119 e. The van der Waals surface area contributed by atoms with E-state index >= 15 is 0 Å². The summed E-state index contributed by atoms with van der Waals surface area (Å²) in [5.74, 6) is 0. The van der Waals surface area contributed by atoms with Crippen LogP contribution in [0.15, 0.2) is 25.3 Å². The molecule has 0 aromatic carbocycles. The van der Waals surface area contributed by atoms with E-state index in [1.807, 2.05) is 12.2 Å². The second-order valence-corrected chi connectivity index (χ2v) is 5.91. The largest absolute Gasteiger partial charge is 0.328 e. The molecule has 11 heavy (non-hydrogen) atoms. The number of hydrogen-bond donors (Lipinski definition) is 0. The van der Waals surface area contributed by atoms with Crippen LogP contribution in [0.2, 0.25) is 12.1 Å². The van der Waals surface area contributed by atoms with E-state index in [0.717, 1.165) is 6.54 Å². The van der Waals surface area contributed by atoms with Crippen LogP contribution in [0.1, 0.15) is 6.92 Å². The normalized spacial score (nSPS) is 10.5. The van der Waals surface area contributed by atoms with Gasteiger partial charge in [0.15, 0.2) is 0 Å². The summed E-state index contributed by atoms with van der Waals surface area (Å²) in [6.07, 6.45) is 4.07. The molecule has 0 saturated heterocycles. The molecular formula is C9H19NSi. The molecule has 0 aliphatic heterocycles. The van der Waals surface area contributed by atoms with Gasteiger partial charge in [0.2, 0.25) is 0 Å². The molecule has 0 aliphatic rings. The van der Waals surface area contributed by atoms with Crippen LogP contribution in [0, 0.1) is 0 Å². The number of nitrogens with zero attached hydrogens (tertiary/aromatic N) is 1. The molecule has 0 bridgehead atoms. The van der Waals surface area contributed by atoms with Gasteiger partial charge in [0.1, 0.15) is 8.96 Å². The van der Waals surface area contributed by atoms with E-state index in [-0.39, 0.29) is 0 Å². The maximum atomic E-state index is 3.77. The van der Waals surface area contributed by atoms with Gasteiger partial charge in [-0.15, -0.1) is 13.2 Å². The molecule has 0 unspecified atom stereocenters. The number of rotatable bonds is 6. The fraction of sp³-hybridized carbons (Fsp3) is 0.556. The van der Waals surface area contributed by atoms with Crippen molar-refractivity contribution in [3.8, 4) is 0 Å². The van der Waals surface area contributed by atoms with Gasteiger partial charge < -0.3 is 4.57 Å². The standard InChI is InChI=1S/C9H19NSi/c1-5-8-11(9-6-2)10(4)7-3/h5-6,11H,1-2,7-9H2,3-4H3. The van der Waals surface area contributed by atoms with Crippen LogP contribution in [-0.2, 0) is 0 Å². The van der Waals surface area contributed by atoms with Gasteiger partial charge >= 0.3 is 0 Å². The van der Waals surface area contributed by atoms with Gasteiger partial charge in [0.05, 0.1) is 0 Å². The highest BCUT2D eigenvalue weighted by molar-refractivity contribution is 6.56. The summed E-state index contributed by atoms with van der Waals surface area (Å²) < 4.78 is 2.46. The maximum Gasteiger partial charge on any atom is 0.119 e. The van der Waals surface area contributed by atoms with Crippen molar-refractivity contribution in [3.05, 3.63) is 25.3 Å². The van der Waals surface area contributed by atoms with Crippen LogP contribution in [0.3, 0.4) is 0 Å². The number of hydrogen-bond acceptors (Lipinski definition) is 1. The molecule has 0 aromatic heterocycles. The molecule has 0 aromatic rings. The fourth-order valence-electron chi connectivity index (χ4n) is 1.10. The molecule has 0 rings (SSSR count). The average Bonchev–Trinajstić information content (AvgIpc) is 2.03. The molecular weight excluding hydrogens is 150 g/mol. The van der Waals surface area contributed by atoms with Gasteiger partial charge in [-0.05, 0) is 25.7 Å².